The minimum absolute atomic E-state index is 0.0394. The van der Waals surface area contributed by atoms with Gasteiger partial charge in [0.2, 0.25) is 0 Å². The molecule has 0 aliphatic heterocycles. The number of nitrogens with two attached hydrogens (primary N) is 1. The van der Waals surface area contributed by atoms with E-state index in [-0.39, 0.29) is 25.7 Å². The van der Waals surface area contributed by atoms with Gasteiger partial charge in [0.05, 0.1) is 0 Å². The molecule has 0 saturated carbocycles. The largest absolute Gasteiger partial charge is 0.452 e. The van der Waals surface area contributed by atoms with E-state index in [0.29, 0.717) is 18.7 Å². The van der Waals surface area contributed by atoms with E-state index < -0.39 is 17.8 Å². The highest BCUT2D eigenvalue weighted by atomic mass is 16.6. The van der Waals surface area contributed by atoms with Crippen molar-refractivity contribution in [3.05, 3.63) is 29.8 Å². The number of rotatable bonds is 9. The number of nitrogen functional groups attached to an aromatic ring is 1. The Balaban J connectivity index is 0.00000131. The quantitative estimate of drug-likeness (QED) is 0.231. The molecule has 0 bridgehead atoms. The summed E-state index contributed by atoms with van der Waals surface area (Å²) in [6, 6.07) is 8.72. The number of hydrogen-bond donors (Lipinski definition) is 3. The first-order valence-corrected chi connectivity index (χ1v) is 9.74. The molecule has 1 atom stereocenters. The Morgan fingerprint density at radius 2 is 1.87 bits per heavy atom. The van der Waals surface area contributed by atoms with Gasteiger partial charge in [-0.25, -0.2) is 9.59 Å². The third-order valence-corrected chi connectivity index (χ3v) is 3.41. The van der Waals surface area contributed by atoms with Gasteiger partial charge in [-0.05, 0) is 58.2 Å². The highest BCUT2D eigenvalue weighted by Gasteiger charge is 2.17. The lowest BCUT2D eigenvalue weighted by molar-refractivity contribution is -0.127. The summed E-state index contributed by atoms with van der Waals surface area (Å²) in [5.41, 5.74) is 6.62. The first kappa shape index (κ1) is 27.5. The fourth-order valence-electron chi connectivity index (χ4n) is 2.06. The van der Waals surface area contributed by atoms with Crippen LogP contribution in [-0.4, -0.2) is 43.5 Å². The molecule has 0 radical (unpaired) electrons. The Morgan fingerprint density at radius 3 is 2.39 bits per heavy atom. The molecule has 172 valence electrons. The van der Waals surface area contributed by atoms with E-state index in [2.05, 4.69) is 15.4 Å². The van der Waals surface area contributed by atoms with Crippen molar-refractivity contribution >= 4 is 24.3 Å². The Bertz CT molecular complexity index is 710. The molecule has 2 amide bonds. The maximum Gasteiger partial charge on any atom is 0.407 e. The lowest BCUT2D eigenvalue weighted by atomic mass is 10.2. The second-order valence-electron chi connectivity index (χ2n) is 7.50. The van der Waals surface area contributed by atoms with Crippen LogP contribution in [0, 0.1) is 11.3 Å². The summed E-state index contributed by atoms with van der Waals surface area (Å²) in [4.78, 5) is 32.4. The fourth-order valence-corrected chi connectivity index (χ4v) is 2.06. The third kappa shape index (κ3) is 17.1. The van der Waals surface area contributed by atoms with E-state index in [1.807, 2.05) is 39.8 Å². The van der Waals surface area contributed by atoms with Gasteiger partial charge in [0.1, 0.15) is 18.3 Å². The predicted octanol–water partition coefficient (Wildman–Crippen LogP) is 2.87. The van der Waals surface area contributed by atoms with E-state index in [1.54, 1.807) is 18.2 Å². The Kier molecular flexibility index (Phi) is 13.6. The first-order valence-electron chi connectivity index (χ1n) is 9.74. The van der Waals surface area contributed by atoms with Crippen LogP contribution in [0.4, 0.5) is 15.3 Å². The number of benzene rings is 1. The van der Waals surface area contributed by atoms with Crippen LogP contribution in [0.3, 0.4) is 0 Å². The topological polar surface area (TPSA) is 153 Å². The van der Waals surface area contributed by atoms with Crippen molar-refractivity contribution in [3.63, 3.8) is 0 Å². The molecule has 0 spiro atoms. The smallest absolute Gasteiger partial charge is 0.407 e. The zero-order valence-electron chi connectivity index (χ0n) is 18.5. The van der Waals surface area contributed by atoms with Gasteiger partial charge in [-0.2, -0.15) is 5.26 Å². The van der Waals surface area contributed by atoms with Gasteiger partial charge in [-0.15, -0.1) is 0 Å². The van der Waals surface area contributed by atoms with E-state index in [1.165, 1.54) is 0 Å². The molecule has 10 nitrogen and oxygen atoms in total. The number of nitrogens with one attached hydrogen (secondary N) is 2. The molecule has 10 heteroatoms. The predicted molar refractivity (Wildman–Crippen MR) is 115 cm³/mol. The fraction of sp³-hybridized carbons (Fsp3) is 0.524. The van der Waals surface area contributed by atoms with Crippen LogP contribution in [0.25, 0.3) is 0 Å². The molecule has 1 aromatic rings. The van der Waals surface area contributed by atoms with Crippen molar-refractivity contribution in [1.82, 2.24) is 10.6 Å². The van der Waals surface area contributed by atoms with E-state index >= 15 is 0 Å². The van der Waals surface area contributed by atoms with E-state index in [9.17, 15) is 14.4 Å². The number of nitrogens with zero attached hydrogens (tertiary/aromatic N) is 1. The minimum atomic E-state index is -0.514. The van der Waals surface area contributed by atoms with Gasteiger partial charge in [-0.3, -0.25) is 4.79 Å². The molecular formula is C21H32N4O6. The standard InChI is InChI=1S/C18H29N3O4.C3H3NO2/c1-13(21-17(23)25-18(2,3)4)6-5-11-20-16(22)24-12-14-7-9-15(19)10-8-14;4-1-2-6-3-5/h7-10,13H,5-6,11-12,19H2,1-4H3,(H,20,22)(H,21,23);3H,2H2. The molecule has 1 unspecified atom stereocenters. The normalized spacial score (nSPS) is 10.9. The maximum atomic E-state index is 11.6. The zero-order valence-corrected chi connectivity index (χ0v) is 18.5. The first-order chi connectivity index (χ1) is 14.6. The summed E-state index contributed by atoms with van der Waals surface area (Å²) in [6.45, 7) is 8.10. The van der Waals surface area contributed by atoms with Gasteiger partial charge >= 0.3 is 12.2 Å². The van der Waals surface area contributed by atoms with Gasteiger partial charge in [0.25, 0.3) is 6.47 Å². The highest BCUT2D eigenvalue weighted by molar-refractivity contribution is 5.68. The molecule has 0 aromatic heterocycles. The number of anilines is 1. The number of alkyl carbamates (subject to hydrolysis) is 2. The number of amides is 2. The van der Waals surface area contributed by atoms with Crippen LogP contribution in [0.2, 0.25) is 0 Å². The summed E-state index contributed by atoms with van der Waals surface area (Å²) in [6.07, 6.45) is 0.534. The maximum absolute atomic E-state index is 11.6. The Hall–Kier alpha value is -3.48. The van der Waals surface area contributed by atoms with Crippen molar-refractivity contribution in [2.24, 2.45) is 0 Å². The van der Waals surface area contributed by atoms with Gasteiger partial charge in [-0.1, -0.05) is 12.1 Å². The molecule has 1 aromatic carbocycles. The molecule has 1 rings (SSSR count). The van der Waals surface area contributed by atoms with Crippen molar-refractivity contribution in [2.45, 2.75) is 58.8 Å². The number of ether oxygens (including phenoxy) is 3. The molecule has 0 aliphatic rings. The van der Waals surface area contributed by atoms with E-state index in [4.69, 9.17) is 20.5 Å². The molecule has 0 fully saturated rings. The van der Waals surface area contributed by atoms with Crippen LogP contribution < -0.4 is 16.4 Å². The van der Waals surface area contributed by atoms with Crippen LogP contribution in [0.5, 0.6) is 0 Å². The summed E-state index contributed by atoms with van der Waals surface area (Å²) in [5.74, 6) is 0. The van der Waals surface area contributed by atoms with Crippen LogP contribution in [0.15, 0.2) is 24.3 Å². The average Bonchev–Trinajstić information content (AvgIpc) is 2.68. The summed E-state index contributed by atoms with van der Waals surface area (Å²) in [7, 11) is 0. The SMILES string of the molecule is CC(CCCNC(=O)OCc1ccc(N)cc1)NC(=O)OC(C)(C)C.N#CCOC=O. The second kappa shape index (κ2) is 15.4. The number of nitriles is 1. The molecule has 0 heterocycles. The van der Waals surface area contributed by atoms with Crippen molar-refractivity contribution in [2.75, 3.05) is 18.9 Å². The monoisotopic (exact) mass is 436 g/mol. The molecular weight excluding hydrogens is 404 g/mol. The summed E-state index contributed by atoms with van der Waals surface area (Å²) >= 11 is 0. The van der Waals surface area contributed by atoms with Crippen molar-refractivity contribution < 1.29 is 28.6 Å². The lowest BCUT2D eigenvalue weighted by Gasteiger charge is -2.22. The Morgan fingerprint density at radius 1 is 1.23 bits per heavy atom. The molecule has 0 saturated heterocycles. The second-order valence-corrected chi connectivity index (χ2v) is 7.50. The highest BCUT2D eigenvalue weighted by Crippen LogP contribution is 2.08. The van der Waals surface area contributed by atoms with Crippen LogP contribution in [-0.2, 0) is 25.6 Å². The average molecular weight is 437 g/mol. The molecule has 31 heavy (non-hydrogen) atoms. The number of hydrogen-bond acceptors (Lipinski definition) is 8. The summed E-state index contributed by atoms with van der Waals surface area (Å²) < 4.78 is 14.2. The van der Waals surface area contributed by atoms with Crippen LogP contribution in [0.1, 0.15) is 46.1 Å². The van der Waals surface area contributed by atoms with Crippen molar-refractivity contribution in [3.8, 4) is 6.07 Å². The number of carbonyl (C=O) groups is 3. The minimum Gasteiger partial charge on any atom is -0.452 e. The zero-order chi connectivity index (χ0) is 23.7. The number of carbonyl (C=O) groups excluding carboxylic acids is 3. The molecule has 0 aliphatic carbocycles. The summed E-state index contributed by atoms with van der Waals surface area (Å²) in [5, 5.41) is 13.1. The molecule has 4 N–H and O–H groups in total. The van der Waals surface area contributed by atoms with E-state index in [0.717, 1.165) is 12.0 Å². The van der Waals surface area contributed by atoms with Gasteiger partial charge in [0, 0.05) is 18.3 Å². The lowest BCUT2D eigenvalue weighted by Crippen LogP contribution is -2.38. The van der Waals surface area contributed by atoms with Gasteiger partial charge in [0.15, 0.2) is 6.61 Å². The van der Waals surface area contributed by atoms with Gasteiger partial charge < -0.3 is 30.6 Å². The van der Waals surface area contributed by atoms with Crippen molar-refractivity contribution in [1.29, 1.82) is 5.26 Å². The Labute approximate surface area is 183 Å². The van der Waals surface area contributed by atoms with Crippen LogP contribution >= 0.6 is 0 Å². The third-order valence-electron chi connectivity index (χ3n) is 3.41.